The van der Waals surface area contributed by atoms with E-state index < -0.39 is 0 Å². The second-order valence-corrected chi connectivity index (χ2v) is 8.87. The Labute approximate surface area is 204 Å². The molecule has 7 nitrogen and oxygen atoms in total. The smallest absolute Gasteiger partial charge is 0.184 e. The predicted molar refractivity (Wildman–Crippen MR) is 133 cm³/mol. The van der Waals surface area contributed by atoms with Gasteiger partial charge in [0.15, 0.2) is 23.0 Å². The standard InChI is InChI=1S/C26H27NO4S.2H2O/c1-28-23-10-9-17-13-22-20-15-25(30-3)24(29-2)14-18(20)11-12-27(22)16-21(17)26(23)31-32-19-7-5-4-6-8-19;;/h4-10,14-15,22H,11-13,16H2,1-3H3;2*1H2. The van der Waals surface area contributed by atoms with Crippen molar-refractivity contribution in [3.05, 3.63) is 76.9 Å². The third kappa shape index (κ3) is 4.67. The zero-order valence-corrected chi connectivity index (χ0v) is 20.4. The van der Waals surface area contributed by atoms with Crippen LogP contribution in [0.1, 0.15) is 28.3 Å². The van der Waals surface area contributed by atoms with Gasteiger partial charge >= 0.3 is 0 Å². The molecule has 8 heteroatoms. The molecule has 1 atom stereocenters. The summed E-state index contributed by atoms with van der Waals surface area (Å²) in [7, 11) is 5.09. The number of fused-ring (bicyclic) bond motifs is 4. The Kier molecular flexibility index (Phi) is 8.33. The molecule has 2 aliphatic heterocycles. The van der Waals surface area contributed by atoms with Gasteiger partial charge in [-0.2, -0.15) is 0 Å². The van der Waals surface area contributed by atoms with Crippen LogP contribution in [0, 0.1) is 0 Å². The highest BCUT2D eigenvalue weighted by atomic mass is 32.2. The minimum Gasteiger partial charge on any atom is -0.493 e. The Hall–Kier alpha value is -2.91. The van der Waals surface area contributed by atoms with E-state index in [0.29, 0.717) is 6.04 Å². The van der Waals surface area contributed by atoms with Gasteiger partial charge < -0.3 is 29.3 Å². The van der Waals surface area contributed by atoms with Crippen LogP contribution in [0.2, 0.25) is 0 Å². The van der Waals surface area contributed by atoms with E-state index in [4.69, 9.17) is 18.4 Å². The monoisotopic (exact) mass is 485 g/mol. The molecular weight excluding hydrogens is 454 g/mol. The maximum atomic E-state index is 6.26. The van der Waals surface area contributed by atoms with Crippen LogP contribution in [0.3, 0.4) is 0 Å². The molecule has 3 aromatic carbocycles. The van der Waals surface area contributed by atoms with Gasteiger partial charge in [0.25, 0.3) is 0 Å². The topological polar surface area (TPSA) is 103 Å². The van der Waals surface area contributed by atoms with E-state index in [-0.39, 0.29) is 11.0 Å². The molecule has 2 heterocycles. The first kappa shape index (κ1) is 25.7. The average molecular weight is 486 g/mol. The van der Waals surface area contributed by atoms with E-state index >= 15 is 0 Å². The minimum absolute atomic E-state index is 0. The molecule has 0 saturated heterocycles. The largest absolute Gasteiger partial charge is 0.493 e. The Morgan fingerprint density at radius 2 is 1.53 bits per heavy atom. The summed E-state index contributed by atoms with van der Waals surface area (Å²) in [5.74, 6) is 3.19. The van der Waals surface area contributed by atoms with Gasteiger partial charge in [-0.3, -0.25) is 4.90 Å². The quantitative estimate of drug-likeness (QED) is 0.492. The van der Waals surface area contributed by atoms with Crippen LogP contribution in [-0.2, 0) is 19.4 Å². The number of hydrogen-bond acceptors (Lipinski definition) is 6. The molecule has 0 aromatic heterocycles. The molecule has 182 valence electrons. The maximum absolute atomic E-state index is 6.26. The second kappa shape index (κ2) is 11.0. The van der Waals surface area contributed by atoms with Crippen molar-refractivity contribution in [3.8, 4) is 23.0 Å². The third-order valence-electron chi connectivity index (χ3n) is 6.39. The van der Waals surface area contributed by atoms with Crippen molar-refractivity contribution in [2.75, 3.05) is 27.9 Å². The van der Waals surface area contributed by atoms with Gasteiger partial charge in [-0.25, -0.2) is 0 Å². The van der Waals surface area contributed by atoms with Gasteiger partial charge in [-0.05, 0) is 59.9 Å². The SMILES string of the molecule is COc1cc2c(cc1OC)C1Cc3ccc(OC)c(OSc4ccccc4)c3CN1CC2.O.O. The molecule has 0 fully saturated rings. The molecule has 2 aliphatic rings. The minimum atomic E-state index is 0. The van der Waals surface area contributed by atoms with Crippen molar-refractivity contribution < 1.29 is 29.3 Å². The summed E-state index contributed by atoms with van der Waals surface area (Å²) < 4.78 is 23.0. The summed E-state index contributed by atoms with van der Waals surface area (Å²) in [5.41, 5.74) is 5.19. The molecule has 3 aromatic rings. The first-order valence-corrected chi connectivity index (χ1v) is 11.5. The summed E-state index contributed by atoms with van der Waals surface area (Å²) in [6.07, 6.45) is 1.91. The van der Waals surface area contributed by atoms with Crippen molar-refractivity contribution >= 4 is 12.0 Å². The average Bonchev–Trinajstić information content (AvgIpc) is 2.85. The lowest BCUT2D eigenvalue weighted by Crippen LogP contribution is -2.39. The molecule has 0 radical (unpaired) electrons. The van der Waals surface area contributed by atoms with E-state index in [1.165, 1.54) is 34.3 Å². The molecular formula is C26H31NO6S. The molecule has 4 N–H and O–H groups in total. The van der Waals surface area contributed by atoms with E-state index in [0.717, 1.165) is 53.8 Å². The Balaban J connectivity index is 0.00000162. The van der Waals surface area contributed by atoms with Gasteiger partial charge in [0, 0.05) is 29.6 Å². The fraction of sp³-hybridized carbons (Fsp3) is 0.308. The zero-order valence-electron chi connectivity index (χ0n) is 19.6. The lowest BCUT2D eigenvalue weighted by Gasteiger charge is -2.42. The highest BCUT2D eigenvalue weighted by Gasteiger charge is 2.35. The van der Waals surface area contributed by atoms with Gasteiger partial charge in [-0.15, -0.1) is 0 Å². The number of nitrogens with zero attached hydrogens (tertiary/aromatic N) is 1. The van der Waals surface area contributed by atoms with E-state index in [1.54, 1.807) is 21.3 Å². The summed E-state index contributed by atoms with van der Waals surface area (Å²) in [4.78, 5) is 3.60. The van der Waals surface area contributed by atoms with Crippen molar-refractivity contribution in [3.63, 3.8) is 0 Å². The van der Waals surface area contributed by atoms with Crippen molar-refractivity contribution in [2.45, 2.75) is 30.3 Å². The van der Waals surface area contributed by atoms with Gasteiger partial charge in [0.2, 0.25) is 0 Å². The van der Waals surface area contributed by atoms with E-state index in [1.807, 2.05) is 36.4 Å². The number of rotatable bonds is 6. The molecule has 0 aliphatic carbocycles. The molecule has 0 bridgehead atoms. The van der Waals surface area contributed by atoms with Crippen LogP contribution in [0.4, 0.5) is 0 Å². The number of methoxy groups -OCH3 is 3. The van der Waals surface area contributed by atoms with Crippen LogP contribution in [0.25, 0.3) is 0 Å². The Morgan fingerprint density at radius 1 is 0.824 bits per heavy atom. The van der Waals surface area contributed by atoms with E-state index in [2.05, 4.69) is 23.1 Å². The molecule has 0 amide bonds. The molecule has 1 unspecified atom stereocenters. The maximum Gasteiger partial charge on any atom is 0.184 e. The molecule has 34 heavy (non-hydrogen) atoms. The number of benzene rings is 3. The summed E-state index contributed by atoms with van der Waals surface area (Å²) in [5, 5.41) is 0. The normalized spacial score (nSPS) is 16.0. The fourth-order valence-corrected chi connectivity index (χ4v) is 5.38. The van der Waals surface area contributed by atoms with Crippen LogP contribution < -0.4 is 18.4 Å². The molecule has 0 saturated carbocycles. The number of hydrogen-bond donors (Lipinski definition) is 0. The van der Waals surface area contributed by atoms with Crippen LogP contribution >= 0.6 is 12.0 Å². The first-order chi connectivity index (χ1) is 15.7. The number of ether oxygens (including phenoxy) is 3. The lowest BCUT2D eigenvalue weighted by molar-refractivity contribution is 0.158. The lowest BCUT2D eigenvalue weighted by atomic mass is 9.83. The fourth-order valence-electron chi connectivity index (χ4n) is 4.75. The Bertz CT molecular complexity index is 1120. The Morgan fingerprint density at radius 3 is 2.24 bits per heavy atom. The molecule has 5 rings (SSSR count). The van der Waals surface area contributed by atoms with Crippen molar-refractivity contribution in [2.24, 2.45) is 0 Å². The van der Waals surface area contributed by atoms with Crippen molar-refractivity contribution in [1.82, 2.24) is 4.90 Å². The highest BCUT2D eigenvalue weighted by Crippen LogP contribution is 2.46. The van der Waals surface area contributed by atoms with E-state index in [9.17, 15) is 0 Å². The predicted octanol–water partition coefficient (Wildman–Crippen LogP) is 3.80. The van der Waals surface area contributed by atoms with Crippen LogP contribution in [0.5, 0.6) is 23.0 Å². The molecule has 0 spiro atoms. The second-order valence-electron chi connectivity index (χ2n) is 8.06. The summed E-state index contributed by atoms with van der Waals surface area (Å²) in [6.45, 7) is 1.82. The van der Waals surface area contributed by atoms with Gasteiger partial charge in [0.1, 0.15) is 0 Å². The third-order valence-corrected chi connectivity index (χ3v) is 7.11. The first-order valence-electron chi connectivity index (χ1n) is 10.8. The zero-order chi connectivity index (χ0) is 22.1. The summed E-state index contributed by atoms with van der Waals surface area (Å²) >= 11 is 1.37. The van der Waals surface area contributed by atoms with Crippen molar-refractivity contribution in [1.29, 1.82) is 0 Å². The van der Waals surface area contributed by atoms with Crippen LogP contribution in [-0.4, -0.2) is 43.7 Å². The van der Waals surface area contributed by atoms with Crippen LogP contribution in [0.15, 0.2) is 59.5 Å². The summed E-state index contributed by atoms with van der Waals surface area (Å²) in [6, 6.07) is 18.9. The van der Waals surface area contributed by atoms with Gasteiger partial charge in [-0.1, -0.05) is 24.3 Å². The van der Waals surface area contributed by atoms with Gasteiger partial charge in [0.05, 0.1) is 33.4 Å². The highest BCUT2D eigenvalue weighted by molar-refractivity contribution is 7.95.